The quantitative estimate of drug-likeness (QED) is 0.679. The van der Waals surface area contributed by atoms with Crippen molar-refractivity contribution < 1.29 is 14.6 Å². The molecule has 1 fully saturated rings. The third kappa shape index (κ3) is 3.03. The number of ether oxygens (including phenoxy) is 1. The number of nitrogens with two attached hydrogens (primary N) is 1. The maximum absolute atomic E-state index is 11.1. The molecule has 1 amide bonds. The van der Waals surface area contributed by atoms with Gasteiger partial charge in [0, 0.05) is 32.4 Å². The van der Waals surface area contributed by atoms with Crippen LogP contribution in [0.5, 0.6) is 5.88 Å². The summed E-state index contributed by atoms with van der Waals surface area (Å²) < 4.78 is 6.72. The summed E-state index contributed by atoms with van der Waals surface area (Å²) in [7, 11) is 1.51. The van der Waals surface area contributed by atoms with Crippen molar-refractivity contribution in [3.05, 3.63) is 24.8 Å². The number of methoxy groups -OCH3 is 1. The van der Waals surface area contributed by atoms with Gasteiger partial charge in [-0.15, -0.1) is 5.10 Å². The highest BCUT2D eigenvalue weighted by molar-refractivity contribution is 5.87. The Kier molecular flexibility index (Phi) is 4.11. The average Bonchev–Trinajstić information content (AvgIpc) is 3.12. The number of aromatic nitrogens is 5. The third-order valence-electron chi connectivity index (χ3n) is 4.47. The van der Waals surface area contributed by atoms with E-state index in [0.717, 1.165) is 11.2 Å². The molecule has 1 aliphatic heterocycles. The number of nitrogen functional groups attached to an aromatic ring is 1. The van der Waals surface area contributed by atoms with E-state index in [9.17, 15) is 4.79 Å². The molecule has 0 spiro atoms. The van der Waals surface area contributed by atoms with E-state index in [-0.39, 0.29) is 0 Å². The molecule has 27 heavy (non-hydrogen) atoms. The zero-order valence-electron chi connectivity index (χ0n) is 14.6. The molecule has 0 aliphatic carbocycles. The Bertz CT molecular complexity index is 996. The van der Waals surface area contributed by atoms with E-state index in [0.29, 0.717) is 49.1 Å². The predicted molar refractivity (Wildman–Crippen MR) is 97.2 cm³/mol. The van der Waals surface area contributed by atoms with Crippen molar-refractivity contribution in [2.24, 2.45) is 0 Å². The van der Waals surface area contributed by atoms with Crippen molar-refractivity contribution in [3.63, 3.8) is 0 Å². The topological polar surface area (TPSA) is 136 Å². The van der Waals surface area contributed by atoms with Gasteiger partial charge in [-0.1, -0.05) is 0 Å². The van der Waals surface area contributed by atoms with E-state index < -0.39 is 6.09 Å². The standard InChI is InChI=1S/C16H18N8O3/c1-27-15-12(17)6-10(7-18-15)24-8-11-13(21-24)19-9-20-14(11)22-2-4-23(5-3-22)16(25)26/h6-9H,2-5,17H2,1H3,(H,25,26). The van der Waals surface area contributed by atoms with Crippen LogP contribution in [0.25, 0.3) is 16.7 Å². The highest BCUT2D eigenvalue weighted by Crippen LogP contribution is 2.26. The fourth-order valence-corrected chi connectivity index (χ4v) is 3.07. The first-order valence-corrected chi connectivity index (χ1v) is 8.30. The minimum atomic E-state index is -0.903. The number of rotatable bonds is 3. The summed E-state index contributed by atoms with van der Waals surface area (Å²) in [5.41, 5.74) is 7.55. The van der Waals surface area contributed by atoms with Crippen LogP contribution in [0.4, 0.5) is 16.3 Å². The minimum Gasteiger partial charge on any atom is -0.480 e. The molecule has 3 aromatic heterocycles. The Morgan fingerprint density at radius 3 is 2.67 bits per heavy atom. The normalized spacial score (nSPS) is 14.6. The molecule has 11 heteroatoms. The maximum atomic E-state index is 11.1. The number of hydrogen-bond donors (Lipinski definition) is 2. The van der Waals surface area contributed by atoms with Crippen LogP contribution in [0.2, 0.25) is 0 Å². The monoisotopic (exact) mass is 370 g/mol. The highest BCUT2D eigenvalue weighted by atomic mass is 16.5. The van der Waals surface area contributed by atoms with Gasteiger partial charge in [0.1, 0.15) is 12.1 Å². The fourth-order valence-electron chi connectivity index (χ4n) is 3.07. The lowest BCUT2D eigenvalue weighted by Crippen LogP contribution is -2.48. The lowest BCUT2D eigenvalue weighted by molar-refractivity contribution is 0.142. The first-order chi connectivity index (χ1) is 13.1. The van der Waals surface area contributed by atoms with E-state index in [1.807, 2.05) is 11.1 Å². The first kappa shape index (κ1) is 16.8. The number of fused-ring (bicyclic) bond motifs is 1. The van der Waals surface area contributed by atoms with Crippen molar-refractivity contribution in [2.45, 2.75) is 0 Å². The second-order valence-electron chi connectivity index (χ2n) is 6.06. The summed E-state index contributed by atoms with van der Waals surface area (Å²) in [5.74, 6) is 1.08. The predicted octanol–water partition coefficient (Wildman–Crippen LogP) is 0.601. The van der Waals surface area contributed by atoms with Crippen LogP contribution < -0.4 is 15.4 Å². The number of carbonyl (C=O) groups is 1. The lowest BCUT2D eigenvalue weighted by Gasteiger charge is -2.33. The number of piperazine rings is 1. The first-order valence-electron chi connectivity index (χ1n) is 8.30. The van der Waals surface area contributed by atoms with Gasteiger partial charge in [-0.3, -0.25) is 0 Å². The van der Waals surface area contributed by atoms with Gasteiger partial charge in [-0.2, -0.15) is 0 Å². The number of hydrogen-bond acceptors (Lipinski definition) is 8. The highest BCUT2D eigenvalue weighted by Gasteiger charge is 2.23. The second kappa shape index (κ2) is 6.59. The molecule has 3 aromatic rings. The van der Waals surface area contributed by atoms with E-state index in [1.165, 1.54) is 18.3 Å². The Morgan fingerprint density at radius 2 is 2.00 bits per heavy atom. The molecule has 3 N–H and O–H groups in total. The van der Waals surface area contributed by atoms with Crippen LogP contribution in [-0.2, 0) is 0 Å². The summed E-state index contributed by atoms with van der Waals surface area (Å²) in [6, 6.07) is 1.72. The summed E-state index contributed by atoms with van der Waals surface area (Å²) in [6.07, 6.45) is 3.98. The Morgan fingerprint density at radius 1 is 1.22 bits per heavy atom. The third-order valence-corrected chi connectivity index (χ3v) is 4.47. The zero-order valence-corrected chi connectivity index (χ0v) is 14.6. The van der Waals surface area contributed by atoms with E-state index in [4.69, 9.17) is 15.6 Å². The molecule has 140 valence electrons. The molecule has 4 rings (SSSR count). The minimum absolute atomic E-state index is 0.354. The van der Waals surface area contributed by atoms with Gasteiger partial charge in [0.15, 0.2) is 5.65 Å². The van der Waals surface area contributed by atoms with Gasteiger partial charge >= 0.3 is 6.09 Å². The van der Waals surface area contributed by atoms with Crippen molar-refractivity contribution >= 4 is 28.6 Å². The van der Waals surface area contributed by atoms with Crippen LogP contribution in [0, 0.1) is 0 Å². The van der Waals surface area contributed by atoms with Crippen LogP contribution in [-0.4, -0.2) is 74.1 Å². The molecule has 4 heterocycles. The number of nitrogens with zero attached hydrogens (tertiary/aromatic N) is 7. The smallest absolute Gasteiger partial charge is 0.407 e. The largest absolute Gasteiger partial charge is 0.480 e. The summed E-state index contributed by atoms with van der Waals surface area (Å²) in [5, 5.41) is 14.3. The van der Waals surface area contributed by atoms with Gasteiger partial charge in [0.2, 0.25) is 5.88 Å². The molecular weight excluding hydrogens is 352 g/mol. The number of amides is 1. The van der Waals surface area contributed by atoms with E-state index in [1.54, 1.807) is 16.9 Å². The van der Waals surface area contributed by atoms with E-state index in [2.05, 4.69) is 20.1 Å². The lowest BCUT2D eigenvalue weighted by atomic mass is 10.3. The molecule has 0 radical (unpaired) electrons. The van der Waals surface area contributed by atoms with Gasteiger partial charge in [-0.05, 0) is 6.07 Å². The van der Waals surface area contributed by atoms with Crippen molar-refractivity contribution in [3.8, 4) is 11.6 Å². The van der Waals surface area contributed by atoms with Crippen molar-refractivity contribution in [2.75, 3.05) is 43.9 Å². The van der Waals surface area contributed by atoms with Crippen molar-refractivity contribution in [1.82, 2.24) is 29.6 Å². The molecule has 0 unspecified atom stereocenters. The summed E-state index contributed by atoms with van der Waals surface area (Å²) >= 11 is 0. The Labute approximate surface area is 154 Å². The maximum Gasteiger partial charge on any atom is 0.407 e. The van der Waals surface area contributed by atoms with Crippen molar-refractivity contribution in [1.29, 1.82) is 0 Å². The van der Waals surface area contributed by atoms with Gasteiger partial charge in [0.05, 0.1) is 30.1 Å². The van der Waals surface area contributed by atoms with Crippen LogP contribution in [0.1, 0.15) is 0 Å². The fraction of sp³-hybridized carbons (Fsp3) is 0.312. The number of carboxylic acid groups (broad SMARTS) is 1. The molecule has 1 saturated heterocycles. The van der Waals surface area contributed by atoms with Crippen LogP contribution >= 0.6 is 0 Å². The van der Waals surface area contributed by atoms with Crippen LogP contribution in [0.3, 0.4) is 0 Å². The average molecular weight is 370 g/mol. The van der Waals surface area contributed by atoms with Gasteiger partial charge < -0.3 is 25.4 Å². The van der Waals surface area contributed by atoms with Gasteiger partial charge in [-0.25, -0.2) is 24.4 Å². The Balaban J connectivity index is 1.67. The molecule has 11 nitrogen and oxygen atoms in total. The summed E-state index contributed by atoms with van der Waals surface area (Å²) in [6.45, 7) is 1.96. The summed E-state index contributed by atoms with van der Waals surface area (Å²) in [4.78, 5) is 27.3. The van der Waals surface area contributed by atoms with Gasteiger partial charge in [0.25, 0.3) is 0 Å². The molecule has 0 aromatic carbocycles. The molecule has 0 saturated carbocycles. The number of pyridine rings is 1. The number of anilines is 2. The molecule has 0 bridgehead atoms. The Hall–Kier alpha value is -3.63. The van der Waals surface area contributed by atoms with Crippen LogP contribution in [0.15, 0.2) is 24.8 Å². The molecule has 1 aliphatic rings. The zero-order chi connectivity index (χ0) is 19.0. The SMILES string of the molecule is COc1ncc(-n2cc3c(N4CCN(C(=O)O)CC4)ncnc3n2)cc1N. The molecule has 0 atom stereocenters. The molecular formula is C16H18N8O3. The van der Waals surface area contributed by atoms with E-state index >= 15 is 0 Å². The second-order valence-corrected chi connectivity index (χ2v) is 6.06.